The lowest BCUT2D eigenvalue weighted by atomic mass is 9.89. The van der Waals surface area contributed by atoms with Crippen molar-refractivity contribution in [1.82, 2.24) is 10.6 Å². The molecule has 2 unspecified atom stereocenters. The van der Waals surface area contributed by atoms with Gasteiger partial charge in [0.25, 0.3) is 0 Å². The van der Waals surface area contributed by atoms with Crippen molar-refractivity contribution in [2.45, 2.75) is 31.3 Å². The third kappa shape index (κ3) is 3.25. The van der Waals surface area contributed by atoms with Gasteiger partial charge in [-0.05, 0) is 30.4 Å². The fourth-order valence-electron chi connectivity index (χ4n) is 3.06. The molecule has 118 valence electrons. The molecule has 2 heterocycles. The molecular formula is C16H19ClN2O3. The second kappa shape index (κ2) is 6.67. The van der Waals surface area contributed by atoms with Crippen molar-refractivity contribution < 1.29 is 14.3 Å². The second-order valence-corrected chi connectivity index (χ2v) is 6.20. The van der Waals surface area contributed by atoms with Gasteiger partial charge in [-0.1, -0.05) is 29.8 Å². The summed E-state index contributed by atoms with van der Waals surface area (Å²) in [6.07, 6.45) is 2.00. The minimum absolute atomic E-state index is 0.108. The highest BCUT2D eigenvalue weighted by Gasteiger charge is 2.38. The quantitative estimate of drug-likeness (QED) is 0.881. The SMILES string of the molecule is O=C1NC(C2CCOCC2)C(=O)NC1Cc1ccccc1Cl. The van der Waals surface area contributed by atoms with Gasteiger partial charge in [-0.25, -0.2) is 0 Å². The van der Waals surface area contributed by atoms with Crippen molar-refractivity contribution in [3.8, 4) is 0 Å². The molecule has 0 bridgehead atoms. The number of halogens is 1. The first-order chi connectivity index (χ1) is 10.6. The number of benzene rings is 1. The van der Waals surface area contributed by atoms with E-state index in [1.54, 1.807) is 6.07 Å². The van der Waals surface area contributed by atoms with Gasteiger partial charge in [0.05, 0.1) is 0 Å². The fraction of sp³-hybridized carbons (Fsp3) is 0.500. The van der Waals surface area contributed by atoms with E-state index in [4.69, 9.17) is 16.3 Å². The zero-order valence-corrected chi connectivity index (χ0v) is 12.9. The van der Waals surface area contributed by atoms with Crippen LogP contribution in [0.15, 0.2) is 24.3 Å². The Hall–Kier alpha value is -1.59. The monoisotopic (exact) mass is 322 g/mol. The highest BCUT2D eigenvalue weighted by molar-refractivity contribution is 6.31. The topological polar surface area (TPSA) is 67.4 Å². The van der Waals surface area contributed by atoms with Crippen LogP contribution in [-0.2, 0) is 20.7 Å². The Kier molecular flexibility index (Phi) is 4.64. The largest absolute Gasteiger partial charge is 0.381 e. The predicted molar refractivity (Wildman–Crippen MR) is 82.6 cm³/mol. The van der Waals surface area contributed by atoms with Crippen molar-refractivity contribution in [1.29, 1.82) is 0 Å². The molecule has 0 aliphatic carbocycles. The molecular weight excluding hydrogens is 304 g/mol. The Morgan fingerprint density at radius 2 is 1.82 bits per heavy atom. The van der Waals surface area contributed by atoms with E-state index in [0.717, 1.165) is 18.4 Å². The van der Waals surface area contributed by atoms with Crippen molar-refractivity contribution >= 4 is 23.4 Å². The van der Waals surface area contributed by atoms with E-state index in [-0.39, 0.29) is 17.7 Å². The first-order valence-corrected chi connectivity index (χ1v) is 7.95. The van der Waals surface area contributed by atoms with Crippen LogP contribution in [0.25, 0.3) is 0 Å². The molecule has 5 nitrogen and oxygen atoms in total. The first-order valence-electron chi connectivity index (χ1n) is 7.57. The van der Waals surface area contributed by atoms with Crippen molar-refractivity contribution in [2.24, 2.45) is 5.92 Å². The highest BCUT2D eigenvalue weighted by atomic mass is 35.5. The Morgan fingerprint density at radius 3 is 2.55 bits per heavy atom. The summed E-state index contributed by atoms with van der Waals surface area (Å²) in [4.78, 5) is 24.6. The summed E-state index contributed by atoms with van der Waals surface area (Å²) in [5.74, 6) is -0.0986. The molecule has 0 radical (unpaired) electrons. The molecule has 0 saturated carbocycles. The van der Waals surface area contributed by atoms with E-state index < -0.39 is 12.1 Å². The van der Waals surface area contributed by atoms with Crippen LogP contribution in [0.1, 0.15) is 18.4 Å². The van der Waals surface area contributed by atoms with Crippen LogP contribution in [-0.4, -0.2) is 37.1 Å². The minimum Gasteiger partial charge on any atom is -0.381 e. The number of nitrogens with one attached hydrogen (secondary N) is 2. The summed E-state index contributed by atoms with van der Waals surface area (Å²) < 4.78 is 5.31. The standard InChI is InChI=1S/C16H19ClN2O3/c17-12-4-2-1-3-11(12)9-13-15(20)19-14(16(21)18-13)10-5-7-22-8-6-10/h1-4,10,13-14H,5-9H2,(H,18,21)(H,19,20). The lowest BCUT2D eigenvalue weighted by Gasteiger charge is -2.35. The average molecular weight is 323 g/mol. The maximum Gasteiger partial charge on any atom is 0.243 e. The van der Waals surface area contributed by atoms with Gasteiger partial charge in [-0.3, -0.25) is 9.59 Å². The maximum absolute atomic E-state index is 12.3. The van der Waals surface area contributed by atoms with E-state index in [0.29, 0.717) is 24.7 Å². The Morgan fingerprint density at radius 1 is 1.09 bits per heavy atom. The minimum atomic E-state index is -0.566. The number of carbonyl (C=O) groups is 2. The maximum atomic E-state index is 12.3. The summed E-state index contributed by atoms with van der Waals surface area (Å²) >= 11 is 6.12. The summed E-state index contributed by atoms with van der Waals surface area (Å²) in [6, 6.07) is 6.35. The Balaban J connectivity index is 1.66. The Labute approximate surface area is 134 Å². The molecule has 0 spiro atoms. The van der Waals surface area contributed by atoms with Crippen LogP contribution < -0.4 is 10.6 Å². The summed E-state index contributed by atoms with van der Waals surface area (Å²) in [6.45, 7) is 1.29. The molecule has 1 aromatic carbocycles. The number of hydrogen-bond acceptors (Lipinski definition) is 3. The number of carbonyl (C=O) groups excluding carboxylic acids is 2. The third-order valence-electron chi connectivity index (χ3n) is 4.33. The number of piperazine rings is 1. The molecule has 2 aliphatic heterocycles. The van der Waals surface area contributed by atoms with E-state index >= 15 is 0 Å². The van der Waals surface area contributed by atoms with Gasteiger partial charge in [0, 0.05) is 24.7 Å². The third-order valence-corrected chi connectivity index (χ3v) is 4.70. The fourth-order valence-corrected chi connectivity index (χ4v) is 3.27. The molecule has 6 heteroatoms. The summed E-state index contributed by atoms with van der Waals surface area (Å²) in [5.41, 5.74) is 0.856. The highest BCUT2D eigenvalue weighted by Crippen LogP contribution is 2.22. The van der Waals surface area contributed by atoms with Crippen LogP contribution in [0.5, 0.6) is 0 Å². The summed E-state index contributed by atoms with van der Waals surface area (Å²) in [5, 5.41) is 6.32. The summed E-state index contributed by atoms with van der Waals surface area (Å²) in [7, 11) is 0. The first kappa shape index (κ1) is 15.3. The van der Waals surface area contributed by atoms with Crippen molar-refractivity contribution in [3.63, 3.8) is 0 Å². The van der Waals surface area contributed by atoms with Gasteiger partial charge < -0.3 is 15.4 Å². The van der Waals surface area contributed by atoms with Crippen molar-refractivity contribution in [3.05, 3.63) is 34.9 Å². The number of amides is 2. The van der Waals surface area contributed by atoms with Crippen LogP contribution in [0, 0.1) is 5.92 Å². The van der Waals surface area contributed by atoms with Gasteiger partial charge in [-0.15, -0.1) is 0 Å². The molecule has 1 aromatic rings. The second-order valence-electron chi connectivity index (χ2n) is 5.79. The molecule has 2 N–H and O–H groups in total. The Bertz CT molecular complexity index is 572. The van der Waals surface area contributed by atoms with Gasteiger partial charge in [0.1, 0.15) is 12.1 Å². The van der Waals surface area contributed by atoms with Crippen molar-refractivity contribution in [2.75, 3.05) is 13.2 Å². The average Bonchev–Trinajstić information content (AvgIpc) is 2.53. The molecule has 0 aromatic heterocycles. The number of ether oxygens (including phenoxy) is 1. The zero-order valence-electron chi connectivity index (χ0n) is 12.2. The van der Waals surface area contributed by atoms with Crippen LogP contribution in [0.2, 0.25) is 5.02 Å². The lowest BCUT2D eigenvalue weighted by molar-refractivity contribution is -0.139. The molecule has 2 atom stereocenters. The van der Waals surface area contributed by atoms with E-state index in [2.05, 4.69) is 10.6 Å². The predicted octanol–water partition coefficient (Wildman–Crippen LogP) is 1.29. The smallest absolute Gasteiger partial charge is 0.243 e. The van der Waals surface area contributed by atoms with Crippen LogP contribution >= 0.6 is 11.6 Å². The molecule has 2 aliphatic rings. The molecule has 2 fully saturated rings. The van der Waals surface area contributed by atoms with Gasteiger partial charge in [-0.2, -0.15) is 0 Å². The van der Waals surface area contributed by atoms with E-state index in [9.17, 15) is 9.59 Å². The molecule has 3 rings (SSSR count). The van der Waals surface area contributed by atoms with Gasteiger partial charge in [0.15, 0.2) is 0 Å². The zero-order chi connectivity index (χ0) is 15.5. The number of hydrogen-bond donors (Lipinski definition) is 2. The lowest BCUT2D eigenvalue weighted by Crippen LogP contribution is -2.64. The normalized spacial score (nSPS) is 26.4. The van der Waals surface area contributed by atoms with Gasteiger partial charge in [0.2, 0.25) is 11.8 Å². The van der Waals surface area contributed by atoms with E-state index in [1.807, 2.05) is 18.2 Å². The molecule has 2 amide bonds. The number of rotatable bonds is 3. The van der Waals surface area contributed by atoms with Crippen LogP contribution in [0.3, 0.4) is 0 Å². The molecule has 2 saturated heterocycles. The van der Waals surface area contributed by atoms with Gasteiger partial charge >= 0.3 is 0 Å². The van der Waals surface area contributed by atoms with E-state index in [1.165, 1.54) is 0 Å². The molecule has 22 heavy (non-hydrogen) atoms. The van der Waals surface area contributed by atoms with Crippen LogP contribution in [0.4, 0.5) is 0 Å².